The van der Waals surface area contributed by atoms with E-state index in [2.05, 4.69) is 54.3 Å². The van der Waals surface area contributed by atoms with Crippen LogP contribution >= 0.6 is 0 Å². The molecule has 3 heteroatoms. The summed E-state index contributed by atoms with van der Waals surface area (Å²) in [5, 5.41) is 10.4. The highest BCUT2D eigenvalue weighted by Gasteiger charge is 2.40. The van der Waals surface area contributed by atoms with Crippen LogP contribution in [0.5, 0.6) is 0 Å². The Hall–Kier alpha value is -0.123. The maximum Gasteiger partial charge on any atom is 0.192 e. The van der Waals surface area contributed by atoms with Gasteiger partial charge in [0.2, 0.25) is 0 Å². The summed E-state index contributed by atoms with van der Waals surface area (Å²) in [5.41, 5.74) is 0. The summed E-state index contributed by atoms with van der Waals surface area (Å²) in [4.78, 5) is 0. The summed E-state index contributed by atoms with van der Waals surface area (Å²) in [6, 6.07) is 0. The van der Waals surface area contributed by atoms with Gasteiger partial charge in [0.1, 0.15) is 0 Å². The zero-order valence-electron chi connectivity index (χ0n) is 13.4. The monoisotopic (exact) mass is 272 g/mol. The predicted molar refractivity (Wildman–Crippen MR) is 82.3 cm³/mol. The van der Waals surface area contributed by atoms with Gasteiger partial charge >= 0.3 is 0 Å². The van der Waals surface area contributed by atoms with Crippen molar-refractivity contribution < 1.29 is 9.53 Å². The van der Waals surface area contributed by atoms with Crippen molar-refractivity contribution in [2.45, 2.75) is 71.9 Å². The molecule has 0 aromatic rings. The molecule has 108 valence electrons. The van der Waals surface area contributed by atoms with E-state index in [0.29, 0.717) is 0 Å². The van der Waals surface area contributed by atoms with E-state index in [1.807, 2.05) is 6.92 Å². The largest absolute Gasteiger partial charge is 0.414 e. The molecular formula is C15H32O2Si. The van der Waals surface area contributed by atoms with E-state index in [9.17, 15) is 5.11 Å². The van der Waals surface area contributed by atoms with Crippen LogP contribution in [0.3, 0.4) is 0 Å². The van der Waals surface area contributed by atoms with Crippen molar-refractivity contribution in [3.63, 3.8) is 0 Å². The first kappa shape index (κ1) is 17.9. The normalized spacial score (nSPS) is 20.1. The number of aliphatic hydroxyl groups is 1. The fourth-order valence-electron chi connectivity index (χ4n) is 1.64. The maximum atomic E-state index is 10.2. The van der Waals surface area contributed by atoms with Crippen molar-refractivity contribution >= 4 is 8.32 Å². The molecule has 0 aliphatic carbocycles. The van der Waals surface area contributed by atoms with Crippen LogP contribution in [0.1, 0.15) is 41.5 Å². The van der Waals surface area contributed by atoms with Crippen LogP contribution in [0.25, 0.3) is 0 Å². The van der Waals surface area contributed by atoms with Gasteiger partial charge in [-0.05, 0) is 25.1 Å². The molecule has 0 aliphatic rings. The van der Waals surface area contributed by atoms with Crippen molar-refractivity contribution in [3.8, 4) is 0 Å². The van der Waals surface area contributed by atoms with Gasteiger partial charge in [-0.1, -0.05) is 40.7 Å². The first-order valence-corrected chi connectivity index (χ1v) is 9.83. The zero-order chi connectivity index (χ0) is 14.7. The Morgan fingerprint density at radius 1 is 1.17 bits per heavy atom. The molecule has 0 unspecified atom stereocenters. The molecule has 0 heterocycles. The van der Waals surface area contributed by atoms with Crippen molar-refractivity contribution in [2.75, 3.05) is 0 Å². The molecule has 0 saturated carbocycles. The summed E-state index contributed by atoms with van der Waals surface area (Å²) in [6.45, 7) is 21.1. The van der Waals surface area contributed by atoms with Crippen LogP contribution in [0.15, 0.2) is 12.7 Å². The molecule has 0 spiro atoms. The molecule has 0 aliphatic heterocycles. The zero-order valence-corrected chi connectivity index (χ0v) is 14.4. The lowest BCUT2D eigenvalue weighted by Gasteiger charge is -2.41. The predicted octanol–water partition coefficient (Wildman–Crippen LogP) is 4.22. The smallest absolute Gasteiger partial charge is 0.192 e. The number of hydrogen-bond donors (Lipinski definition) is 1. The summed E-state index contributed by atoms with van der Waals surface area (Å²) >= 11 is 0. The van der Waals surface area contributed by atoms with E-state index in [0.717, 1.165) is 0 Å². The Balaban J connectivity index is 4.68. The van der Waals surface area contributed by atoms with E-state index in [-0.39, 0.29) is 29.1 Å². The minimum absolute atomic E-state index is 0.0725. The topological polar surface area (TPSA) is 29.5 Å². The van der Waals surface area contributed by atoms with Crippen molar-refractivity contribution in [3.05, 3.63) is 12.7 Å². The van der Waals surface area contributed by atoms with E-state index in [4.69, 9.17) is 4.43 Å². The highest BCUT2D eigenvalue weighted by molar-refractivity contribution is 6.74. The van der Waals surface area contributed by atoms with Gasteiger partial charge in [0.15, 0.2) is 8.32 Å². The quantitative estimate of drug-likeness (QED) is 0.579. The van der Waals surface area contributed by atoms with Gasteiger partial charge in [-0.25, -0.2) is 0 Å². The first-order valence-electron chi connectivity index (χ1n) is 6.92. The Bertz CT molecular complexity index is 268. The van der Waals surface area contributed by atoms with Gasteiger partial charge in [0, 0.05) is 17.9 Å². The highest BCUT2D eigenvalue weighted by atomic mass is 28.4. The van der Waals surface area contributed by atoms with Crippen molar-refractivity contribution in [1.29, 1.82) is 0 Å². The van der Waals surface area contributed by atoms with Gasteiger partial charge in [0.25, 0.3) is 0 Å². The standard InChI is InChI=1S/C15H32O2Si/c1-10-11(2)14(16)12(3)13(4)17-18(8,9)15(5,6)7/h10-14,16H,1H2,2-9H3/t11-,12-,13+,14-/m0/s1. The molecule has 0 rings (SSSR count). The van der Waals surface area contributed by atoms with Crippen LogP contribution in [-0.4, -0.2) is 25.6 Å². The lowest BCUT2D eigenvalue weighted by molar-refractivity contribution is 0.0176. The van der Waals surface area contributed by atoms with Crippen molar-refractivity contribution in [1.82, 2.24) is 0 Å². The molecule has 0 saturated heterocycles. The lowest BCUT2D eigenvalue weighted by Crippen LogP contribution is -2.46. The van der Waals surface area contributed by atoms with Gasteiger partial charge in [0.05, 0.1) is 6.10 Å². The second kappa shape index (κ2) is 6.35. The maximum absolute atomic E-state index is 10.2. The Kier molecular flexibility index (Phi) is 6.31. The number of hydrogen-bond acceptors (Lipinski definition) is 2. The molecule has 0 fully saturated rings. The average Bonchev–Trinajstić information content (AvgIpc) is 2.23. The molecule has 0 aromatic heterocycles. The van der Waals surface area contributed by atoms with Gasteiger partial charge in [-0.15, -0.1) is 6.58 Å². The van der Waals surface area contributed by atoms with Crippen LogP contribution in [0.4, 0.5) is 0 Å². The lowest BCUT2D eigenvalue weighted by atomic mass is 9.90. The SMILES string of the molecule is C=C[C@H](C)[C@H](O)[C@@H](C)[C@@H](C)O[Si](C)(C)C(C)(C)C. The fourth-order valence-corrected chi connectivity index (χ4v) is 3.14. The molecule has 0 radical (unpaired) electrons. The molecule has 4 atom stereocenters. The number of rotatable bonds is 6. The van der Waals surface area contributed by atoms with Gasteiger partial charge < -0.3 is 9.53 Å². The fraction of sp³-hybridized carbons (Fsp3) is 0.867. The summed E-state index contributed by atoms with van der Waals surface area (Å²) < 4.78 is 6.32. The molecule has 18 heavy (non-hydrogen) atoms. The number of aliphatic hydroxyl groups excluding tert-OH is 1. The van der Waals surface area contributed by atoms with Gasteiger partial charge in [-0.3, -0.25) is 0 Å². The minimum Gasteiger partial charge on any atom is -0.414 e. The third kappa shape index (κ3) is 4.52. The van der Waals surface area contributed by atoms with Crippen molar-refractivity contribution in [2.24, 2.45) is 11.8 Å². The summed E-state index contributed by atoms with van der Waals surface area (Å²) in [6.07, 6.45) is 1.49. The minimum atomic E-state index is -1.76. The van der Waals surface area contributed by atoms with E-state index in [1.54, 1.807) is 6.08 Å². The molecule has 0 amide bonds. The van der Waals surface area contributed by atoms with E-state index in [1.165, 1.54) is 0 Å². The molecule has 2 nitrogen and oxygen atoms in total. The molecule has 1 N–H and O–H groups in total. The van der Waals surface area contributed by atoms with Gasteiger partial charge in [-0.2, -0.15) is 0 Å². The average molecular weight is 273 g/mol. The van der Waals surface area contributed by atoms with E-state index >= 15 is 0 Å². The third-order valence-corrected chi connectivity index (χ3v) is 9.05. The van der Waals surface area contributed by atoms with E-state index < -0.39 is 8.32 Å². The van der Waals surface area contributed by atoms with Crippen LogP contribution in [-0.2, 0) is 4.43 Å². The Morgan fingerprint density at radius 2 is 1.61 bits per heavy atom. The second-order valence-corrected chi connectivity index (χ2v) is 11.8. The molecular weight excluding hydrogens is 240 g/mol. The Labute approximate surface area is 115 Å². The second-order valence-electron chi connectivity index (χ2n) is 7.03. The third-order valence-electron chi connectivity index (χ3n) is 4.48. The molecule has 0 aromatic carbocycles. The first-order chi connectivity index (χ1) is 7.94. The summed E-state index contributed by atoms with van der Waals surface area (Å²) in [7, 11) is -1.76. The van der Waals surface area contributed by atoms with Crippen LogP contribution < -0.4 is 0 Å². The van der Waals surface area contributed by atoms with Crippen LogP contribution in [0.2, 0.25) is 18.1 Å². The molecule has 0 bridgehead atoms. The summed E-state index contributed by atoms with van der Waals surface area (Å²) in [5.74, 6) is 0.220. The van der Waals surface area contributed by atoms with Crippen LogP contribution in [0, 0.1) is 11.8 Å². The Morgan fingerprint density at radius 3 is 1.94 bits per heavy atom. The highest BCUT2D eigenvalue weighted by Crippen LogP contribution is 2.38.